The van der Waals surface area contributed by atoms with Crippen LogP contribution in [-0.2, 0) is 4.84 Å². The molecule has 2 heteroatoms. The second kappa shape index (κ2) is 5.12. The summed E-state index contributed by atoms with van der Waals surface area (Å²) >= 11 is 0. The van der Waals surface area contributed by atoms with Gasteiger partial charge in [-0.15, -0.1) is 5.16 Å². The third kappa shape index (κ3) is 2.28. The van der Waals surface area contributed by atoms with Crippen molar-refractivity contribution in [1.82, 2.24) is 0 Å². The van der Waals surface area contributed by atoms with Crippen molar-refractivity contribution in [3.05, 3.63) is 71.8 Å². The molecule has 2 nitrogen and oxygen atoms in total. The van der Waals surface area contributed by atoms with Crippen LogP contribution in [-0.4, -0.2) is 6.72 Å². The van der Waals surface area contributed by atoms with Crippen molar-refractivity contribution in [3.8, 4) is 0 Å². The average Bonchev–Trinajstić information content (AvgIpc) is 2.38. The molecule has 0 saturated heterocycles. The minimum Gasteiger partial charge on any atom is -0.383 e. The number of oxime groups is 1. The molecule has 0 aromatic heterocycles. The summed E-state index contributed by atoms with van der Waals surface area (Å²) in [4.78, 5) is 5.33. The molecule has 80 valence electrons. The van der Waals surface area contributed by atoms with E-state index in [1.165, 1.54) is 0 Å². The predicted octanol–water partition coefficient (Wildman–Crippen LogP) is 3.41. The van der Waals surface area contributed by atoms with Crippen LogP contribution < -0.4 is 0 Å². The highest BCUT2D eigenvalue weighted by Gasteiger charge is 2.14. The smallest absolute Gasteiger partial charge is 0.177 e. The summed E-state index contributed by atoms with van der Waals surface area (Å²) in [5.41, 5.74) is 2.14. The maximum atomic E-state index is 5.33. The van der Waals surface area contributed by atoms with Crippen molar-refractivity contribution in [2.75, 3.05) is 0 Å². The Hall–Kier alpha value is -2.09. The van der Waals surface area contributed by atoms with Crippen LogP contribution in [0, 0.1) is 0 Å². The van der Waals surface area contributed by atoms with Crippen molar-refractivity contribution in [3.63, 3.8) is 0 Å². The second-order valence-corrected chi connectivity index (χ2v) is 3.44. The maximum absolute atomic E-state index is 5.33. The topological polar surface area (TPSA) is 21.6 Å². The molecule has 0 unspecified atom stereocenters. The van der Waals surface area contributed by atoms with Crippen LogP contribution in [0.3, 0.4) is 0 Å². The molecule has 16 heavy (non-hydrogen) atoms. The van der Waals surface area contributed by atoms with Crippen LogP contribution in [0.5, 0.6) is 0 Å². The maximum Gasteiger partial charge on any atom is 0.177 e. The third-order valence-corrected chi connectivity index (χ3v) is 2.38. The number of hydrogen-bond donors (Lipinski definition) is 0. The van der Waals surface area contributed by atoms with Gasteiger partial charge in [0.25, 0.3) is 0 Å². The largest absolute Gasteiger partial charge is 0.383 e. The fourth-order valence-corrected chi connectivity index (χ4v) is 1.64. The summed E-state index contributed by atoms with van der Waals surface area (Å²) in [6.07, 6.45) is -0.181. The van der Waals surface area contributed by atoms with Crippen LogP contribution in [0.1, 0.15) is 17.2 Å². The van der Waals surface area contributed by atoms with E-state index in [0.717, 1.165) is 11.1 Å². The van der Waals surface area contributed by atoms with E-state index in [9.17, 15) is 0 Å². The summed E-state index contributed by atoms with van der Waals surface area (Å²) in [7, 11) is 0. The second-order valence-electron chi connectivity index (χ2n) is 3.44. The fraction of sp³-hybridized carbons (Fsp3) is 0.0714. The standard InChI is InChI=1S/C14H13NO/c1-15-16-14(12-8-4-2-5-9-12)13-10-6-3-7-11-13/h2-11,14H,1H2. The van der Waals surface area contributed by atoms with Crippen molar-refractivity contribution in [2.24, 2.45) is 5.16 Å². The first kappa shape index (κ1) is 10.4. The van der Waals surface area contributed by atoms with Crippen LogP contribution in [0.25, 0.3) is 0 Å². The quantitative estimate of drug-likeness (QED) is 0.561. The van der Waals surface area contributed by atoms with E-state index in [1.807, 2.05) is 60.7 Å². The van der Waals surface area contributed by atoms with Gasteiger partial charge in [-0.3, -0.25) is 0 Å². The molecule has 0 atom stereocenters. The highest BCUT2D eigenvalue weighted by Crippen LogP contribution is 2.25. The normalized spacial score (nSPS) is 10.1. The van der Waals surface area contributed by atoms with Crippen molar-refractivity contribution in [1.29, 1.82) is 0 Å². The molecule has 0 N–H and O–H groups in total. The minimum absolute atomic E-state index is 0.181. The van der Waals surface area contributed by atoms with E-state index in [4.69, 9.17) is 4.84 Å². The summed E-state index contributed by atoms with van der Waals surface area (Å²) in [5, 5.41) is 3.54. The van der Waals surface area contributed by atoms with Gasteiger partial charge in [0, 0.05) is 6.72 Å². The van der Waals surface area contributed by atoms with Gasteiger partial charge in [0.1, 0.15) is 0 Å². The molecule has 0 amide bonds. The zero-order valence-electron chi connectivity index (χ0n) is 8.91. The molecule has 0 saturated carbocycles. The van der Waals surface area contributed by atoms with Crippen molar-refractivity contribution >= 4 is 6.72 Å². The Morgan fingerprint density at radius 3 is 1.62 bits per heavy atom. The minimum atomic E-state index is -0.181. The lowest BCUT2D eigenvalue weighted by Crippen LogP contribution is -2.02. The molecule has 2 aromatic rings. The molecule has 0 spiro atoms. The molecule has 0 fully saturated rings. The van der Waals surface area contributed by atoms with Crippen LogP contribution in [0.4, 0.5) is 0 Å². The molecule has 0 aliphatic carbocycles. The van der Waals surface area contributed by atoms with Gasteiger partial charge in [-0.1, -0.05) is 60.7 Å². The fourth-order valence-electron chi connectivity index (χ4n) is 1.64. The van der Waals surface area contributed by atoms with Crippen molar-refractivity contribution < 1.29 is 4.84 Å². The van der Waals surface area contributed by atoms with Crippen LogP contribution in [0.15, 0.2) is 65.8 Å². The van der Waals surface area contributed by atoms with E-state index < -0.39 is 0 Å². The SMILES string of the molecule is C=NOC(c1ccccc1)c1ccccc1. The Kier molecular flexibility index (Phi) is 3.34. The Bertz CT molecular complexity index is 399. The first-order valence-corrected chi connectivity index (χ1v) is 5.13. The van der Waals surface area contributed by atoms with E-state index in [-0.39, 0.29) is 6.10 Å². The Labute approximate surface area is 95.2 Å². The van der Waals surface area contributed by atoms with E-state index in [0.29, 0.717) is 0 Å². The summed E-state index contributed by atoms with van der Waals surface area (Å²) in [5.74, 6) is 0. The monoisotopic (exact) mass is 211 g/mol. The van der Waals surface area contributed by atoms with Gasteiger partial charge in [-0.05, 0) is 11.1 Å². The molecule has 0 bridgehead atoms. The number of benzene rings is 2. The highest BCUT2D eigenvalue weighted by atomic mass is 16.6. The molecule has 0 aliphatic heterocycles. The summed E-state index contributed by atoms with van der Waals surface area (Å²) in [6.45, 7) is 3.38. The van der Waals surface area contributed by atoms with Gasteiger partial charge in [-0.2, -0.15) is 0 Å². The molecule has 2 aromatic carbocycles. The lowest BCUT2D eigenvalue weighted by Gasteiger charge is -2.15. The molecule has 0 radical (unpaired) electrons. The number of nitrogens with zero attached hydrogens (tertiary/aromatic N) is 1. The molecular weight excluding hydrogens is 198 g/mol. The zero-order chi connectivity index (χ0) is 11.2. The lowest BCUT2D eigenvalue weighted by molar-refractivity contribution is 0.0897. The number of hydrogen-bond acceptors (Lipinski definition) is 2. The first-order valence-electron chi connectivity index (χ1n) is 5.13. The van der Waals surface area contributed by atoms with Crippen molar-refractivity contribution in [2.45, 2.75) is 6.10 Å². The van der Waals surface area contributed by atoms with E-state index >= 15 is 0 Å². The predicted molar refractivity (Wildman–Crippen MR) is 65.4 cm³/mol. The van der Waals surface area contributed by atoms with Gasteiger partial charge in [0.05, 0.1) is 0 Å². The van der Waals surface area contributed by atoms with E-state index in [1.54, 1.807) is 0 Å². The van der Waals surface area contributed by atoms with E-state index in [2.05, 4.69) is 11.9 Å². The van der Waals surface area contributed by atoms with Gasteiger partial charge in [0.15, 0.2) is 6.10 Å². The lowest BCUT2D eigenvalue weighted by atomic mass is 10.0. The third-order valence-electron chi connectivity index (χ3n) is 2.38. The Morgan fingerprint density at radius 1 is 0.812 bits per heavy atom. The molecule has 0 heterocycles. The number of rotatable bonds is 4. The van der Waals surface area contributed by atoms with Gasteiger partial charge in [-0.25, -0.2) is 0 Å². The Balaban J connectivity index is 2.35. The molecule has 2 rings (SSSR count). The van der Waals surface area contributed by atoms with Gasteiger partial charge < -0.3 is 4.84 Å². The van der Waals surface area contributed by atoms with Crippen LogP contribution >= 0.6 is 0 Å². The Morgan fingerprint density at radius 2 is 1.25 bits per heavy atom. The first-order chi connectivity index (χ1) is 7.92. The molecular formula is C14H13NO. The van der Waals surface area contributed by atoms with Crippen LogP contribution in [0.2, 0.25) is 0 Å². The average molecular weight is 211 g/mol. The van der Waals surface area contributed by atoms with Gasteiger partial charge in [0.2, 0.25) is 0 Å². The van der Waals surface area contributed by atoms with Gasteiger partial charge >= 0.3 is 0 Å². The highest BCUT2D eigenvalue weighted by molar-refractivity contribution is 5.30. The zero-order valence-corrected chi connectivity index (χ0v) is 8.91. The molecule has 0 aliphatic rings. The summed E-state index contributed by atoms with van der Waals surface area (Å²) < 4.78 is 0. The summed E-state index contributed by atoms with van der Waals surface area (Å²) in [6, 6.07) is 20.0.